The second-order valence-corrected chi connectivity index (χ2v) is 5.87. The molecule has 1 aliphatic rings. The van der Waals surface area contributed by atoms with Gasteiger partial charge in [0.1, 0.15) is 5.75 Å². The van der Waals surface area contributed by atoms with Gasteiger partial charge in [0.25, 0.3) is 0 Å². The third-order valence-electron chi connectivity index (χ3n) is 4.05. The first-order valence-corrected chi connectivity index (χ1v) is 7.99. The molecule has 6 nitrogen and oxygen atoms in total. The molecule has 2 amide bonds. The van der Waals surface area contributed by atoms with Crippen LogP contribution >= 0.6 is 0 Å². The number of carbonyl (C=O) groups is 2. The SMILES string of the molecule is COc1ccc(C)cc1N1CC(C(=O)NCCCCN)CC1=O. The highest BCUT2D eigenvalue weighted by molar-refractivity contribution is 6.01. The van der Waals surface area contributed by atoms with Crippen LogP contribution in [0, 0.1) is 12.8 Å². The van der Waals surface area contributed by atoms with Gasteiger partial charge in [-0.15, -0.1) is 0 Å². The molecule has 126 valence electrons. The van der Waals surface area contributed by atoms with E-state index in [1.807, 2.05) is 25.1 Å². The summed E-state index contributed by atoms with van der Waals surface area (Å²) in [5.41, 5.74) is 7.21. The molecule has 3 N–H and O–H groups in total. The first-order chi connectivity index (χ1) is 11.1. The van der Waals surface area contributed by atoms with Gasteiger partial charge in [-0.05, 0) is 44.0 Å². The minimum atomic E-state index is -0.314. The van der Waals surface area contributed by atoms with E-state index in [4.69, 9.17) is 10.5 Å². The van der Waals surface area contributed by atoms with E-state index >= 15 is 0 Å². The van der Waals surface area contributed by atoms with Crippen LogP contribution in [0.5, 0.6) is 5.75 Å². The van der Waals surface area contributed by atoms with Crippen molar-refractivity contribution < 1.29 is 14.3 Å². The van der Waals surface area contributed by atoms with Crippen molar-refractivity contribution in [2.45, 2.75) is 26.2 Å². The van der Waals surface area contributed by atoms with Gasteiger partial charge in [-0.3, -0.25) is 9.59 Å². The van der Waals surface area contributed by atoms with E-state index in [9.17, 15) is 9.59 Å². The molecule has 6 heteroatoms. The molecule has 2 rings (SSSR count). The third kappa shape index (κ3) is 4.22. The summed E-state index contributed by atoms with van der Waals surface area (Å²) < 4.78 is 5.34. The van der Waals surface area contributed by atoms with Gasteiger partial charge in [-0.1, -0.05) is 6.07 Å². The molecule has 0 aromatic heterocycles. The second-order valence-electron chi connectivity index (χ2n) is 5.87. The Morgan fingerprint density at radius 2 is 2.22 bits per heavy atom. The van der Waals surface area contributed by atoms with Crippen molar-refractivity contribution in [1.29, 1.82) is 0 Å². The van der Waals surface area contributed by atoms with Gasteiger partial charge < -0.3 is 20.7 Å². The van der Waals surface area contributed by atoms with Crippen molar-refractivity contribution in [1.82, 2.24) is 5.32 Å². The maximum Gasteiger partial charge on any atom is 0.227 e. The quantitative estimate of drug-likeness (QED) is 0.740. The number of amides is 2. The lowest BCUT2D eigenvalue weighted by atomic mass is 10.1. The highest BCUT2D eigenvalue weighted by Gasteiger charge is 2.36. The fraction of sp³-hybridized carbons (Fsp3) is 0.529. The van der Waals surface area contributed by atoms with Gasteiger partial charge in [0.15, 0.2) is 0 Å². The Labute approximate surface area is 137 Å². The number of nitrogens with two attached hydrogens (primary N) is 1. The number of ether oxygens (including phenoxy) is 1. The molecule has 0 radical (unpaired) electrons. The Kier molecular flexibility index (Phi) is 5.98. The van der Waals surface area contributed by atoms with E-state index in [2.05, 4.69) is 5.32 Å². The average Bonchev–Trinajstić information content (AvgIpc) is 2.93. The average molecular weight is 319 g/mol. The van der Waals surface area contributed by atoms with Crippen molar-refractivity contribution >= 4 is 17.5 Å². The van der Waals surface area contributed by atoms with Crippen LogP contribution in [-0.2, 0) is 9.59 Å². The van der Waals surface area contributed by atoms with Gasteiger partial charge in [-0.25, -0.2) is 0 Å². The van der Waals surface area contributed by atoms with Crippen LogP contribution in [0.15, 0.2) is 18.2 Å². The predicted octanol–water partition coefficient (Wildman–Crippen LogP) is 1.21. The van der Waals surface area contributed by atoms with Gasteiger partial charge in [0.2, 0.25) is 11.8 Å². The zero-order chi connectivity index (χ0) is 16.8. The van der Waals surface area contributed by atoms with E-state index in [1.54, 1.807) is 12.0 Å². The summed E-state index contributed by atoms with van der Waals surface area (Å²) in [5.74, 6) is 0.221. The summed E-state index contributed by atoms with van der Waals surface area (Å²) in [6.45, 7) is 3.58. The first-order valence-electron chi connectivity index (χ1n) is 7.99. The minimum Gasteiger partial charge on any atom is -0.495 e. The van der Waals surface area contributed by atoms with Crippen molar-refractivity contribution in [3.05, 3.63) is 23.8 Å². The third-order valence-corrected chi connectivity index (χ3v) is 4.05. The summed E-state index contributed by atoms with van der Waals surface area (Å²) >= 11 is 0. The smallest absolute Gasteiger partial charge is 0.227 e. The number of methoxy groups -OCH3 is 1. The van der Waals surface area contributed by atoms with Crippen molar-refractivity contribution in [2.75, 3.05) is 31.6 Å². The molecule has 1 unspecified atom stereocenters. The van der Waals surface area contributed by atoms with Gasteiger partial charge in [-0.2, -0.15) is 0 Å². The van der Waals surface area contributed by atoms with Crippen LogP contribution in [0.2, 0.25) is 0 Å². The van der Waals surface area contributed by atoms with Crippen LogP contribution in [0.4, 0.5) is 5.69 Å². The Morgan fingerprint density at radius 3 is 2.91 bits per heavy atom. The molecule has 1 aliphatic heterocycles. The number of carbonyl (C=O) groups excluding carboxylic acids is 2. The van der Waals surface area contributed by atoms with Crippen LogP contribution in [0.1, 0.15) is 24.8 Å². The summed E-state index contributed by atoms with van der Waals surface area (Å²) in [4.78, 5) is 26.2. The summed E-state index contributed by atoms with van der Waals surface area (Å²) in [6, 6.07) is 5.70. The van der Waals surface area contributed by atoms with E-state index < -0.39 is 0 Å². The number of aryl methyl sites for hydroxylation is 1. The molecule has 0 spiro atoms. The van der Waals surface area contributed by atoms with Gasteiger partial charge in [0, 0.05) is 19.5 Å². The normalized spacial score (nSPS) is 17.4. The lowest BCUT2D eigenvalue weighted by Crippen LogP contribution is -2.33. The molecule has 0 aliphatic carbocycles. The predicted molar refractivity (Wildman–Crippen MR) is 89.5 cm³/mol. The van der Waals surface area contributed by atoms with Crippen LogP contribution in [0.25, 0.3) is 0 Å². The largest absolute Gasteiger partial charge is 0.495 e. The Hall–Kier alpha value is -2.08. The molecule has 1 atom stereocenters. The molecule has 0 bridgehead atoms. The number of rotatable bonds is 7. The summed E-state index contributed by atoms with van der Waals surface area (Å²) in [5, 5.41) is 2.89. The van der Waals surface area contributed by atoms with Crippen LogP contribution < -0.4 is 20.7 Å². The number of benzene rings is 1. The lowest BCUT2D eigenvalue weighted by Gasteiger charge is -2.20. The monoisotopic (exact) mass is 319 g/mol. The summed E-state index contributed by atoms with van der Waals surface area (Å²) in [7, 11) is 1.58. The highest BCUT2D eigenvalue weighted by atomic mass is 16.5. The van der Waals surface area contributed by atoms with E-state index in [0.29, 0.717) is 25.4 Å². The zero-order valence-electron chi connectivity index (χ0n) is 13.8. The number of hydrogen-bond acceptors (Lipinski definition) is 4. The minimum absolute atomic E-state index is 0.0454. The molecule has 0 saturated carbocycles. The number of anilines is 1. The fourth-order valence-electron chi connectivity index (χ4n) is 2.75. The number of nitrogens with one attached hydrogen (secondary N) is 1. The molecule has 1 saturated heterocycles. The fourth-order valence-corrected chi connectivity index (χ4v) is 2.75. The molecular formula is C17H25N3O3. The van der Waals surface area contributed by atoms with Crippen molar-refractivity contribution in [3.8, 4) is 5.75 Å². The highest BCUT2D eigenvalue weighted by Crippen LogP contribution is 2.33. The molecule has 1 fully saturated rings. The molecule has 23 heavy (non-hydrogen) atoms. The van der Waals surface area contributed by atoms with Crippen molar-refractivity contribution in [2.24, 2.45) is 11.7 Å². The van der Waals surface area contributed by atoms with Gasteiger partial charge in [0.05, 0.1) is 18.7 Å². The van der Waals surface area contributed by atoms with Gasteiger partial charge >= 0.3 is 0 Å². The van der Waals surface area contributed by atoms with E-state index in [-0.39, 0.29) is 24.2 Å². The maximum atomic E-state index is 12.3. The van der Waals surface area contributed by atoms with E-state index in [1.165, 1.54) is 0 Å². The molecule has 1 aromatic rings. The number of hydrogen-bond donors (Lipinski definition) is 2. The topological polar surface area (TPSA) is 84.7 Å². The van der Waals surface area contributed by atoms with Crippen LogP contribution in [-0.4, -0.2) is 38.6 Å². The molecule has 1 aromatic carbocycles. The number of unbranched alkanes of at least 4 members (excludes halogenated alkanes) is 1. The molecule has 1 heterocycles. The Bertz CT molecular complexity index is 574. The Balaban J connectivity index is 2.02. The summed E-state index contributed by atoms with van der Waals surface area (Å²) in [6.07, 6.45) is 1.98. The first kappa shape index (κ1) is 17.3. The Morgan fingerprint density at radius 1 is 1.43 bits per heavy atom. The standard InChI is InChI=1S/C17H25N3O3/c1-12-5-6-15(23-2)14(9-12)20-11-13(10-16(20)21)17(22)19-8-4-3-7-18/h5-6,9,13H,3-4,7-8,10-11,18H2,1-2H3,(H,19,22). The lowest BCUT2D eigenvalue weighted by molar-refractivity contribution is -0.126. The van der Waals surface area contributed by atoms with E-state index in [0.717, 1.165) is 24.1 Å². The zero-order valence-corrected chi connectivity index (χ0v) is 13.8. The van der Waals surface area contributed by atoms with Crippen LogP contribution in [0.3, 0.4) is 0 Å². The second kappa shape index (κ2) is 7.97. The number of nitrogens with zero attached hydrogens (tertiary/aromatic N) is 1. The molecular weight excluding hydrogens is 294 g/mol. The maximum absolute atomic E-state index is 12.3. The van der Waals surface area contributed by atoms with Crippen molar-refractivity contribution in [3.63, 3.8) is 0 Å².